The molecular weight excluding hydrogens is 264 g/mol. The molecule has 0 saturated heterocycles. The lowest BCUT2D eigenvalue weighted by molar-refractivity contribution is 0.551. The molecular formula is C12H24N4O2S. The molecule has 6 nitrogen and oxygen atoms in total. The molecule has 19 heavy (non-hydrogen) atoms. The van der Waals surface area contributed by atoms with E-state index in [1.807, 2.05) is 13.8 Å². The number of aromatic nitrogens is 2. The summed E-state index contributed by atoms with van der Waals surface area (Å²) < 4.78 is 29.1. The normalized spacial score (nSPS) is 13.7. The Hall–Kier alpha value is -0.920. The van der Waals surface area contributed by atoms with E-state index in [0.717, 1.165) is 12.8 Å². The van der Waals surface area contributed by atoms with Crippen LogP contribution in [0.4, 0.5) is 0 Å². The van der Waals surface area contributed by atoms with Gasteiger partial charge in [0.15, 0.2) is 0 Å². The highest BCUT2D eigenvalue weighted by molar-refractivity contribution is 7.89. The van der Waals surface area contributed by atoms with Crippen molar-refractivity contribution in [2.75, 3.05) is 6.54 Å². The van der Waals surface area contributed by atoms with E-state index in [-0.39, 0.29) is 6.04 Å². The Bertz CT molecular complexity index is 522. The fourth-order valence-electron chi connectivity index (χ4n) is 1.94. The molecule has 0 saturated carbocycles. The number of hydrogen-bond donors (Lipinski definition) is 2. The van der Waals surface area contributed by atoms with Crippen molar-refractivity contribution in [2.45, 2.75) is 58.0 Å². The molecule has 0 aliphatic carbocycles. The van der Waals surface area contributed by atoms with Gasteiger partial charge in [0, 0.05) is 12.6 Å². The number of sulfonamides is 1. The van der Waals surface area contributed by atoms with Gasteiger partial charge in [-0.3, -0.25) is 4.68 Å². The van der Waals surface area contributed by atoms with Crippen molar-refractivity contribution in [3.05, 3.63) is 11.4 Å². The molecule has 0 amide bonds. The van der Waals surface area contributed by atoms with E-state index in [1.165, 1.54) is 0 Å². The number of hydrogen-bond acceptors (Lipinski definition) is 4. The van der Waals surface area contributed by atoms with Crippen molar-refractivity contribution in [3.8, 4) is 0 Å². The maximum Gasteiger partial charge on any atom is 0.244 e. The summed E-state index contributed by atoms with van der Waals surface area (Å²) >= 11 is 0. The lowest BCUT2D eigenvalue weighted by atomic mass is 10.3. The summed E-state index contributed by atoms with van der Waals surface area (Å²) in [6.45, 7) is 8.49. The van der Waals surface area contributed by atoms with E-state index in [2.05, 4.69) is 9.82 Å². The van der Waals surface area contributed by atoms with E-state index >= 15 is 0 Å². The van der Waals surface area contributed by atoms with Crippen LogP contribution in [0.3, 0.4) is 0 Å². The van der Waals surface area contributed by atoms with Gasteiger partial charge in [-0.25, -0.2) is 13.1 Å². The van der Waals surface area contributed by atoms with E-state index in [4.69, 9.17) is 5.73 Å². The molecule has 0 spiro atoms. The van der Waals surface area contributed by atoms with Crippen LogP contribution in [0, 0.1) is 13.8 Å². The Morgan fingerprint density at radius 1 is 1.42 bits per heavy atom. The van der Waals surface area contributed by atoms with Crippen LogP contribution in [0.15, 0.2) is 4.90 Å². The highest BCUT2D eigenvalue weighted by Gasteiger charge is 2.25. The van der Waals surface area contributed by atoms with Gasteiger partial charge >= 0.3 is 0 Å². The molecule has 0 bridgehead atoms. The zero-order chi connectivity index (χ0) is 14.6. The highest BCUT2D eigenvalue weighted by Crippen LogP contribution is 2.20. The quantitative estimate of drug-likeness (QED) is 0.781. The molecule has 0 aliphatic rings. The van der Waals surface area contributed by atoms with Crippen molar-refractivity contribution < 1.29 is 8.42 Å². The van der Waals surface area contributed by atoms with Crippen LogP contribution in [-0.2, 0) is 16.6 Å². The lowest BCUT2D eigenvalue weighted by Gasteiger charge is -2.12. The number of aryl methyl sites for hydroxylation is 2. The standard InChI is InChI=1S/C12H24N4O2S/c1-5-9(2)15-19(17,18)12-10(3)14-16(11(12)4)8-6-7-13/h9,15H,5-8,13H2,1-4H3. The van der Waals surface area contributed by atoms with E-state index < -0.39 is 10.0 Å². The number of nitrogens with zero attached hydrogens (tertiary/aromatic N) is 2. The summed E-state index contributed by atoms with van der Waals surface area (Å²) in [7, 11) is -3.50. The Morgan fingerprint density at radius 2 is 2.05 bits per heavy atom. The number of nitrogens with one attached hydrogen (secondary N) is 1. The maximum atomic E-state index is 12.3. The summed E-state index contributed by atoms with van der Waals surface area (Å²) in [5.41, 5.74) is 6.67. The molecule has 7 heteroatoms. The SMILES string of the molecule is CCC(C)NS(=O)(=O)c1c(C)nn(CCCN)c1C. The molecule has 3 N–H and O–H groups in total. The predicted octanol–water partition coefficient (Wildman–Crippen LogP) is 0.926. The predicted molar refractivity (Wildman–Crippen MR) is 75.4 cm³/mol. The molecule has 1 aromatic rings. The van der Waals surface area contributed by atoms with Gasteiger partial charge in [-0.1, -0.05) is 6.92 Å². The van der Waals surface area contributed by atoms with Gasteiger partial charge in [-0.15, -0.1) is 0 Å². The first kappa shape index (κ1) is 16.1. The topological polar surface area (TPSA) is 90.0 Å². The molecule has 1 atom stereocenters. The molecule has 1 heterocycles. The Kier molecular flexibility index (Phi) is 5.51. The van der Waals surface area contributed by atoms with Crippen LogP contribution in [0.5, 0.6) is 0 Å². The molecule has 0 aromatic carbocycles. The van der Waals surface area contributed by atoms with Crippen LogP contribution in [0.25, 0.3) is 0 Å². The minimum atomic E-state index is -3.50. The van der Waals surface area contributed by atoms with Gasteiger partial charge in [0.05, 0.1) is 11.4 Å². The zero-order valence-corrected chi connectivity index (χ0v) is 12.9. The van der Waals surface area contributed by atoms with Gasteiger partial charge in [-0.2, -0.15) is 5.10 Å². The van der Waals surface area contributed by atoms with Gasteiger partial charge in [0.25, 0.3) is 0 Å². The molecule has 1 rings (SSSR count). The van der Waals surface area contributed by atoms with Crippen LogP contribution in [0.2, 0.25) is 0 Å². The monoisotopic (exact) mass is 288 g/mol. The van der Waals surface area contributed by atoms with Crippen LogP contribution in [0.1, 0.15) is 38.1 Å². The van der Waals surface area contributed by atoms with E-state index in [1.54, 1.807) is 18.5 Å². The Morgan fingerprint density at radius 3 is 2.58 bits per heavy atom. The molecule has 1 unspecified atom stereocenters. The van der Waals surface area contributed by atoms with Crippen molar-refractivity contribution in [1.82, 2.24) is 14.5 Å². The number of rotatable bonds is 7. The van der Waals surface area contributed by atoms with Crippen LogP contribution < -0.4 is 10.5 Å². The fourth-order valence-corrected chi connectivity index (χ4v) is 3.67. The molecule has 0 radical (unpaired) electrons. The van der Waals surface area contributed by atoms with Crippen LogP contribution in [-0.4, -0.2) is 30.8 Å². The summed E-state index contributed by atoms with van der Waals surface area (Å²) in [4.78, 5) is 0.296. The largest absolute Gasteiger partial charge is 0.330 e. The fraction of sp³-hybridized carbons (Fsp3) is 0.750. The molecule has 110 valence electrons. The van der Waals surface area contributed by atoms with Crippen molar-refractivity contribution in [3.63, 3.8) is 0 Å². The summed E-state index contributed by atoms with van der Waals surface area (Å²) in [5, 5.41) is 4.29. The van der Waals surface area contributed by atoms with Crippen LogP contribution >= 0.6 is 0 Å². The summed E-state index contributed by atoms with van der Waals surface area (Å²) in [6, 6.07) is -0.0869. The maximum absolute atomic E-state index is 12.3. The average molecular weight is 288 g/mol. The van der Waals surface area contributed by atoms with E-state index in [9.17, 15) is 8.42 Å². The first-order valence-electron chi connectivity index (χ1n) is 6.59. The molecule has 0 fully saturated rings. The average Bonchev–Trinajstić information content (AvgIpc) is 2.61. The van der Waals surface area contributed by atoms with E-state index in [0.29, 0.717) is 29.4 Å². The van der Waals surface area contributed by atoms with Crippen molar-refractivity contribution in [2.24, 2.45) is 5.73 Å². The minimum absolute atomic E-state index is 0.0869. The Balaban J connectivity index is 3.09. The highest BCUT2D eigenvalue weighted by atomic mass is 32.2. The third-order valence-electron chi connectivity index (χ3n) is 3.13. The second-order valence-electron chi connectivity index (χ2n) is 4.80. The first-order chi connectivity index (χ1) is 8.83. The third-order valence-corrected chi connectivity index (χ3v) is 4.97. The number of nitrogens with two attached hydrogens (primary N) is 1. The van der Waals surface area contributed by atoms with Gasteiger partial charge in [-0.05, 0) is 40.2 Å². The van der Waals surface area contributed by atoms with Crippen molar-refractivity contribution >= 4 is 10.0 Å². The second-order valence-corrected chi connectivity index (χ2v) is 6.45. The first-order valence-corrected chi connectivity index (χ1v) is 8.08. The third kappa shape index (κ3) is 3.77. The van der Waals surface area contributed by atoms with Gasteiger partial charge in [0.1, 0.15) is 4.90 Å². The lowest BCUT2D eigenvalue weighted by Crippen LogP contribution is -2.32. The minimum Gasteiger partial charge on any atom is -0.330 e. The van der Waals surface area contributed by atoms with Gasteiger partial charge < -0.3 is 5.73 Å². The van der Waals surface area contributed by atoms with Gasteiger partial charge in [0.2, 0.25) is 10.0 Å². The second kappa shape index (κ2) is 6.49. The summed E-state index contributed by atoms with van der Waals surface area (Å²) in [5.74, 6) is 0. The molecule has 0 aliphatic heterocycles. The Labute approximate surface area is 115 Å². The zero-order valence-electron chi connectivity index (χ0n) is 12.1. The smallest absolute Gasteiger partial charge is 0.244 e. The summed E-state index contributed by atoms with van der Waals surface area (Å²) in [6.07, 6.45) is 1.53. The molecule has 1 aromatic heterocycles. The van der Waals surface area contributed by atoms with Crippen molar-refractivity contribution in [1.29, 1.82) is 0 Å².